The molecule has 2 rings (SSSR count). The fraction of sp³-hybridized carbons (Fsp3) is 0.833. The lowest BCUT2D eigenvalue weighted by atomic mass is 9.63. The molecular formula is C12H16N2O. The third-order valence-electron chi connectivity index (χ3n) is 4.49. The van der Waals surface area contributed by atoms with Gasteiger partial charge in [0.1, 0.15) is 0 Å². The SMILES string of the molecule is CC(C#N)C1(C#N)CC2CC(CO)C1C2. The van der Waals surface area contributed by atoms with Crippen LogP contribution in [0, 0.1) is 51.7 Å². The second-order valence-corrected chi connectivity index (χ2v) is 5.09. The van der Waals surface area contributed by atoms with Gasteiger partial charge in [-0.3, -0.25) is 0 Å². The molecule has 0 aromatic carbocycles. The largest absolute Gasteiger partial charge is 0.396 e. The molecule has 0 heterocycles. The lowest BCUT2D eigenvalue weighted by molar-refractivity contribution is 0.0854. The number of aliphatic hydroxyl groups is 1. The monoisotopic (exact) mass is 204 g/mol. The molecule has 2 bridgehead atoms. The first-order chi connectivity index (χ1) is 7.17. The molecule has 0 aliphatic heterocycles. The molecule has 0 radical (unpaired) electrons. The van der Waals surface area contributed by atoms with E-state index in [1.54, 1.807) is 0 Å². The van der Waals surface area contributed by atoms with Gasteiger partial charge in [-0.1, -0.05) is 0 Å². The second-order valence-electron chi connectivity index (χ2n) is 5.09. The first kappa shape index (κ1) is 10.5. The first-order valence-corrected chi connectivity index (χ1v) is 5.59. The minimum Gasteiger partial charge on any atom is -0.396 e. The van der Waals surface area contributed by atoms with Crippen molar-refractivity contribution in [3.63, 3.8) is 0 Å². The van der Waals surface area contributed by atoms with Crippen LogP contribution in [0.15, 0.2) is 0 Å². The average molecular weight is 204 g/mol. The van der Waals surface area contributed by atoms with Gasteiger partial charge in [-0.05, 0) is 43.9 Å². The van der Waals surface area contributed by atoms with Gasteiger partial charge in [0.15, 0.2) is 0 Å². The highest BCUT2D eigenvalue weighted by Gasteiger charge is 2.58. The highest BCUT2D eigenvalue weighted by atomic mass is 16.3. The quantitative estimate of drug-likeness (QED) is 0.744. The Morgan fingerprint density at radius 3 is 2.67 bits per heavy atom. The van der Waals surface area contributed by atoms with Crippen molar-refractivity contribution in [3.8, 4) is 12.1 Å². The van der Waals surface area contributed by atoms with Gasteiger partial charge in [-0.25, -0.2) is 0 Å². The van der Waals surface area contributed by atoms with Crippen molar-refractivity contribution in [2.24, 2.45) is 29.1 Å². The topological polar surface area (TPSA) is 67.8 Å². The van der Waals surface area contributed by atoms with Crippen LogP contribution in [0.2, 0.25) is 0 Å². The zero-order chi connectivity index (χ0) is 11.1. The molecule has 0 amide bonds. The zero-order valence-electron chi connectivity index (χ0n) is 8.98. The summed E-state index contributed by atoms with van der Waals surface area (Å²) in [6.45, 7) is 2.01. The molecular weight excluding hydrogens is 188 g/mol. The molecule has 0 aromatic heterocycles. The summed E-state index contributed by atoms with van der Waals surface area (Å²) in [5, 5.41) is 27.7. The van der Waals surface area contributed by atoms with Crippen LogP contribution in [0.25, 0.3) is 0 Å². The Kier molecular flexibility index (Phi) is 2.44. The van der Waals surface area contributed by atoms with Gasteiger partial charge in [-0.15, -0.1) is 0 Å². The third-order valence-corrected chi connectivity index (χ3v) is 4.49. The van der Waals surface area contributed by atoms with Crippen molar-refractivity contribution in [1.29, 1.82) is 10.5 Å². The molecule has 1 N–H and O–H groups in total. The maximum absolute atomic E-state index is 9.37. The van der Waals surface area contributed by atoms with Crippen molar-refractivity contribution >= 4 is 0 Å². The van der Waals surface area contributed by atoms with Crippen molar-refractivity contribution in [1.82, 2.24) is 0 Å². The summed E-state index contributed by atoms with van der Waals surface area (Å²) in [7, 11) is 0. The summed E-state index contributed by atoms with van der Waals surface area (Å²) in [5.41, 5.74) is -0.481. The molecule has 2 aliphatic carbocycles. The van der Waals surface area contributed by atoms with E-state index >= 15 is 0 Å². The summed E-state index contributed by atoms with van der Waals surface area (Å²) in [4.78, 5) is 0. The summed E-state index contributed by atoms with van der Waals surface area (Å²) in [5.74, 6) is 0.834. The maximum Gasteiger partial charge on any atom is 0.0763 e. The van der Waals surface area contributed by atoms with Crippen LogP contribution in [0.5, 0.6) is 0 Å². The van der Waals surface area contributed by atoms with E-state index < -0.39 is 5.41 Å². The Morgan fingerprint density at radius 2 is 2.20 bits per heavy atom. The standard InChI is InChI=1S/C12H16N2O/c1-8(5-13)12(7-14)4-9-2-10(6-15)11(12)3-9/h8-11,15H,2-4,6H2,1H3. The predicted octanol–water partition coefficient (Wildman–Crippen LogP) is 1.69. The van der Waals surface area contributed by atoms with E-state index in [4.69, 9.17) is 5.26 Å². The minimum absolute atomic E-state index is 0.169. The molecule has 5 atom stereocenters. The Balaban J connectivity index is 2.30. The highest BCUT2D eigenvalue weighted by Crippen LogP contribution is 2.61. The smallest absolute Gasteiger partial charge is 0.0763 e. The number of nitrogens with zero attached hydrogens (tertiary/aromatic N) is 2. The Morgan fingerprint density at radius 1 is 1.47 bits per heavy atom. The summed E-state index contributed by atoms with van der Waals surface area (Å²) < 4.78 is 0. The van der Waals surface area contributed by atoms with Gasteiger partial charge in [0.25, 0.3) is 0 Å². The Bertz CT molecular complexity index is 341. The Hall–Kier alpha value is -1.06. The van der Waals surface area contributed by atoms with Crippen molar-refractivity contribution in [2.45, 2.75) is 26.2 Å². The zero-order valence-corrected chi connectivity index (χ0v) is 8.98. The minimum atomic E-state index is -0.481. The second kappa shape index (κ2) is 3.51. The maximum atomic E-state index is 9.37. The van der Waals surface area contributed by atoms with E-state index in [0.717, 1.165) is 19.3 Å². The first-order valence-electron chi connectivity index (χ1n) is 5.59. The summed E-state index contributed by atoms with van der Waals surface area (Å²) >= 11 is 0. The molecule has 15 heavy (non-hydrogen) atoms. The van der Waals surface area contributed by atoms with Crippen LogP contribution in [0.3, 0.4) is 0 Å². The number of hydrogen-bond donors (Lipinski definition) is 1. The normalized spacial score (nSPS) is 44.7. The van der Waals surface area contributed by atoms with Gasteiger partial charge >= 0.3 is 0 Å². The summed E-state index contributed by atoms with van der Waals surface area (Å²) in [6.07, 6.45) is 2.94. The molecule has 2 saturated carbocycles. The van der Waals surface area contributed by atoms with Gasteiger partial charge < -0.3 is 5.11 Å². The average Bonchev–Trinajstić information content (AvgIpc) is 2.84. The molecule has 3 heteroatoms. The Labute approximate surface area is 90.3 Å². The molecule has 2 fully saturated rings. The molecule has 3 nitrogen and oxygen atoms in total. The van der Waals surface area contributed by atoms with Crippen LogP contribution in [-0.4, -0.2) is 11.7 Å². The van der Waals surface area contributed by atoms with E-state index in [2.05, 4.69) is 12.1 Å². The molecule has 0 saturated heterocycles. The van der Waals surface area contributed by atoms with Crippen LogP contribution in [0.1, 0.15) is 26.2 Å². The van der Waals surface area contributed by atoms with E-state index in [1.807, 2.05) is 6.92 Å². The van der Waals surface area contributed by atoms with Crippen molar-refractivity contribution in [2.75, 3.05) is 6.61 Å². The lowest BCUT2D eigenvalue weighted by Crippen LogP contribution is -2.38. The van der Waals surface area contributed by atoms with Crippen LogP contribution >= 0.6 is 0 Å². The van der Waals surface area contributed by atoms with Gasteiger partial charge in [0.2, 0.25) is 0 Å². The van der Waals surface area contributed by atoms with E-state index in [0.29, 0.717) is 5.92 Å². The number of nitriles is 2. The van der Waals surface area contributed by atoms with E-state index in [-0.39, 0.29) is 24.4 Å². The fourth-order valence-corrected chi connectivity index (χ4v) is 3.71. The molecule has 0 spiro atoms. The van der Waals surface area contributed by atoms with Gasteiger partial charge in [0.05, 0.1) is 23.5 Å². The fourth-order valence-electron chi connectivity index (χ4n) is 3.71. The highest BCUT2D eigenvalue weighted by molar-refractivity contribution is 5.19. The third kappa shape index (κ3) is 1.27. The number of hydrogen-bond acceptors (Lipinski definition) is 3. The molecule has 5 unspecified atom stereocenters. The summed E-state index contributed by atoms with van der Waals surface area (Å²) in [6, 6.07) is 4.61. The van der Waals surface area contributed by atoms with Gasteiger partial charge in [-0.2, -0.15) is 10.5 Å². The lowest BCUT2D eigenvalue weighted by Gasteiger charge is -2.37. The molecule has 80 valence electrons. The van der Waals surface area contributed by atoms with Crippen LogP contribution < -0.4 is 0 Å². The number of fused-ring (bicyclic) bond motifs is 2. The van der Waals surface area contributed by atoms with Crippen LogP contribution in [0.4, 0.5) is 0 Å². The predicted molar refractivity (Wildman–Crippen MR) is 54.2 cm³/mol. The number of aliphatic hydroxyl groups excluding tert-OH is 1. The van der Waals surface area contributed by atoms with E-state index in [9.17, 15) is 10.4 Å². The van der Waals surface area contributed by atoms with Crippen LogP contribution in [-0.2, 0) is 0 Å². The van der Waals surface area contributed by atoms with E-state index in [1.165, 1.54) is 0 Å². The van der Waals surface area contributed by atoms with Gasteiger partial charge in [0, 0.05) is 6.61 Å². The molecule has 2 aliphatic rings. The van der Waals surface area contributed by atoms with Crippen molar-refractivity contribution < 1.29 is 5.11 Å². The molecule has 0 aromatic rings. The number of rotatable bonds is 2. The van der Waals surface area contributed by atoms with Crippen molar-refractivity contribution in [3.05, 3.63) is 0 Å².